The Bertz CT molecular complexity index is 469. The lowest BCUT2D eigenvalue weighted by Crippen LogP contribution is -2.47. The third-order valence-electron chi connectivity index (χ3n) is 3.37. The zero-order valence-corrected chi connectivity index (χ0v) is 13.1. The summed E-state index contributed by atoms with van der Waals surface area (Å²) in [6.45, 7) is 8.20. The number of ether oxygens (including phenoxy) is 2. The summed E-state index contributed by atoms with van der Waals surface area (Å²) < 4.78 is 12.4. The van der Waals surface area contributed by atoms with E-state index in [1.54, 1.807) is 0 Å². The van der Waals surface area contributed by atoms with E-state index in [0.29, 0.717) is 5.92 Å². The quantitative estimate of drug-likeness (QED) is 0.800. The van der Waals surface area contributed by atoms with Gasteiger partial charge in [0.15, 0.2) is 12.5 Å². The SMILES string of the molecule is CC(C)(C)OC1OC1N1CC(c2cncc(Br)c2)C1. The van der Waals surface area contributed by atoms with Gasteiger partial charge >= 0.3 is 0 Å². The third-order valence-corrected chi connectivity index (χ3v) is 3.80. The Kier molecular flexibility index (Phi) is 3.41. The van der Waals surface area contributed by atoms with Gasteiger partial charge in [0.2, 0.25) is 0 Å². The van der Waals surface area contributed by atoms with Gasteiger partial charge in [-0.25, -0.2) is 0 Å². The van der Waals surface area contributed by atoms with Gasteiger partial charge in [0.05, 0.1) is 5.60 Å². The third kappa shape index (κ3) is 3.16. The van der Waals surface area contributed by atoms with Crippen LogP contribution in [0.3, 0.4) is 0 Å². The minimum Gasteiger partial charge on any atom is -0.343 e. The Morgan fingerprint density at radius 2 is 2.11 bits per heavy atom. The maximum absolute atomic E-state index is 5.79. The summed E-state index contributed by atoms with van der Waals surface area (Å²) in [5.41, 5.74) is 1.15. The molecule has 0 aromatic carbocycles. The first kappa shape index (κ1) is 13.5. The second-order valence-corrected chi connectivity index (χ2v) is 7.13. The minimum absolute atomic E-state index is 0.0541. The molecule has 0 saturated carbocycles. The molecule has 2 aliphatic rings. The molecule has 2 aliphatic heterocycles. The molecule has 4 nitrogen and oxygen atoms in total. The maximum atomic E-state index is 5.79. The molecule has 2 unspecified atom stereocenters. The Hall–Kier alpha value is -0.490. The molecular formula is C14H19BrN2O2. The highest BCUT2D eigenvalue weighted by molar-refractivity contribution is 9.10. The number of hydrogen-bond acceptors (Lipinski definition) is 4. The molecule has 104 valence electrons. The van der Waals surface area contributed by atoms with Gasteiger partial charge in [-0.2, -0.15) is 0 Å². The summed E-state index contributed by atoms with van der Waals surface area (Å²) in [5.74, 6) is 0.560. The zero-order chi connectivity index (χ0) is 13.6. The molecule has 0 radical (unpaired) electrons. The largest absolute Gasteiger partial charge is 0.343 e. The molecule has 1 aromatic rings. The molecule has 0 N–H and O–H groups in total. The van der Waals surface area contributed by atoms with Crippen molar-refractivity contribution in [2.24, 2.45) is 0 Å². The Morgan fingerprint density at radius 3 is 2.74 bits per heavy atom. The molecule has 0 bridgehead atoms. The molecule has 3 heterocycles. The molecule has 0 amide bonds. The van der Waals surface area contributed by atoms with Crippen LogP contribution in [0.1, 0.15) is 32.3 Å². The van der Waals surface area contributed by atoms with Crippen molar-refractivity contribution in [2.45, 2.75) is 44.8 Å². The van der Waals surface area contributed by atoms with E-state index in [9.17, 15) is 0 Å². The second-order valence-electron chi connectivity index (χ2n) is 6.21. The highest BCUT2D eigenvalue weighted by Gasteiger charge is 2.50. The Morgan fingerprint density at radius 1 is 1.37 bits per heavy atom. The number of halogens is 1. The van der Waals surface area contributed by atoms with Gasteiger partial charge < -0.3 is 9.47 Å². The van der Waals surface area contributed by atoms with E-state index in [0.717, 1.165) is 17.6 Å². The molecule has 3 rings (SSSR count). The normalized spacial score (nSPS) is 28.2. The summed E-state index contributed by atoms with van der Waals surface area (Å²) in [4.78, 5) is 6.54. The second kappa shape index (κ2) is 4.81. The average Bonchev–Trinajstić information content (AvgIpc) is 2.92. The summed E-state index contributed by atoms with van der Waals surface area (Å²) >= 11 is 3.46. The Balaban J connectivity index is 1.49. The predicted molar refractivity (Wildman–Crippen MR) is 75.8 cm³/mol. The van der Waals surface area contributed by atoms with Gasteiger partial charge in [0.25, 0.3) is 0 Å². The van der Waals surface area contributed by atoms with Crippen molar-refractivity contribution in [3.05, 3.63) is 28.5 Å². The van der Waals surface area contributed by atoms with Crippen molar-refractivity contribution < 1.29 is 9.47 Å². The summed E-state index contributed by atoms with van der Waals surface area (Å²) in [5, 5.41) is 0. The van der Waals surface area contributed by atoms with E-state index in [1.165, 1.54) is 5.56 Å². The van der Waals surface area contributed by atoms with E-state index < -0.39 is 0 Å². The van der Waals surface area contributed by atoms with Crippen molar-refractivity contribution >= 4 is 15.9 Å². The fourth-order valence-corrected chi connectivity index (χ4v) is 2.75. The van der Waals surface area contributed by atoms with E-state index in [-0.39, 0.29) is 18.1 Å². The van der Waals surface area contributed by atoms with Crippen LogP contribution in [0.25, 0.3) is 0 Å². The van der Waals surface area contributed by atoms with Crippen LogP contribution in [0, 0.1) is 0 Å². The van der Waals surface area contributed by atoms with E-state index in [1.807, 2.05) is 12.4 Å². The lowest BCUT2D eigenvalue weighted by molar-refractivity contribution is -0.0583. The van der Waals surface area contributed by atoms with E-state index in [4.69, 9.17) is 9.47 Å². The smallest absolute Gasteiger partial charge is 0.200 e. The fraction of sp³-hybridized carbons (Fsp3) is 0.643. The number of hydrogen-bond donors (Lipinski definition) is 0. The van der Waals surface area contributed by atoms with Crippen LogP contribution in [-0.4, -0.2) is 41.1 Å². The number of pyridine rings is 1. The molecule has 0 aliphatic carbocycles. The summed E-state index contributed by atoms with van der Waals surface area (Å²) in [6.07, 6.45) is 3.86. The van der Waals surface area contributed by atoms with Crippen LogP contribution in [0.15, 0.2) is 22.9 Å². The number of epoxide rings is 1. The topological polar surface area (TPSA) is 37.9 Å². The molecule has 19 heavy (non-hydrogen) atoms. The highest BCUT2D eigenvalue weighted by atomic mass is 79.9. The average molecular weight is 327 g/mol. The number of likely N-dealkylation sites (tertiary alicyclic amines) is 1. The van der Waals surface area contributed by atoms with Crippen LogP contribution < -0.4 is 0 Å². The molecule has 2 saturated heterocycles. The number of aromatic nitrogens is 1. The zero-order valence-electron chi connectivity index (χ0n) is 11.5. The van der Waals surface area contributed by atoms with Gasteiger partial charge in [-0.3, -0.25) is 9.88 Å². The van der Waals surface area contributed by atoms with Gasteiger partial charge in [0.1, 0.15) is 0 Å². The standard InChI is InChI=1S/C14H19BrN2O2/c1-14(2,3)19-13-12(18-13)17-7-10(8-17)9-4-11(15)6-16-5-9/h4-6,10,12-13H,7-8H2,1-3H3. The van der Waals surface area contributed by atoms with Gasteiger partial charge in [0, 0.05) is 35.9 Å². The summed E-state index contributed by atoms with van der Waals surface area (Å²) in [7, 11) is 0. The van der Waals surface area contributed by atoms with Crippen molar-refractivity contribution in [2.75, 3.05) is 13.1 Å². The monoisotopic (exact) mass is 326 g/mol. The highest BCUT2D eigenvalue weighted by Crippen LogP contribution is 2.38. The number of rotatable bonds is 3. The first-order valence-electron chi connectivity index (χ1n) is 6.60. The molecule has 5 heteroatoms. The van der Waals surface area contributed by atoms with Crippen LogP contribution in [0.5, 0.6) is 0 Å². The van der Waals surface area contributed by atoms with Gasteiger partial charge in [-0.05, 0) is 48.3 Å². The number of nitrogens with zero attached hydrogens (tertiary/aromatic N) is 2. The molecule has 0 spiro atoms. The molecule has 2 fully saturated rings. The predicted octanol–water partition coefficient (Wildman–Crippen LogP) is 2.74. The van der Waals surface area contributed by atoms with Crippen molar-refractivity contribution in [1.29, 1.82) is 0 Å². The van der Waals surface area contributed by atoms with Crippen LogP contribution in [-0.2, 0) is 9.47 Å². The van der Waals surface area contributed by atoms with Gasteiger partial charge in [-0.15, -0.1) is 0 Å². The summed E-state index contributed by atoms with van der Waals surface area (Å²) in [6, 6.07) is 2.14. The van der Waals surface area contributed by atoms with E-state index >= 15 is 0 Å². The van der Waals surface area contributed by atoms with Crippen LogP contribution in [0.2, 0.25) is 0 Å². The minimum atomic E-state index is -0.141. The van der Waals surface area contributed by atoms with Crippen LogP contribution in [0.4, 0.5) is 0 Å². The van der Waals surface area contributed by atoms with E-state index in [2.05, 4.69) is 52.7 Å². The first-order chi connectivity index (χ1) is 8.92. The lowest BCUT2D eigenvalue weighted by Gasteiger charge is -2.38. The van der Waals surface area contributed by atoms with Crippen molar-refractivity contribution in [1.82, 2.24) is 9.88 Å². The molecular weight excluding hydrogens is 308 g/mol. The Labute approximate surface area is 122 Å². The fourth-order valence-electron chi connectivity index (χ4n) is 2.37. The lowest BCUT2D eigenvalue weighted by atomic mass is 9.93. The van der Waals surface area contributed by atoms with Crippen molar-refractivity contribution in [3.8, 4) is 0 Å². The van der Waals surface area contributed by atoms with Crippen LogP contribution >= 0.6 is 15.9 Å². The molecule has 1 aromatic heterocycles. The van der Waals surface area contributed by atoms with Crippen molar-refractivity contribution in [3.63, 3.8) is 0 Å². The first-order valence-corrected chi connectivity index (χ1v) is 7.39. The molecule has 2 atom stereocenters. The maximum Gasteiger partial charge on any atom is 0.200 e. The van der Waals surface area contributed by atoms with Gasteiger partial charge in [-0.1, -0.05) is 0 Å².